The van der Waals surface area contributed by atoms with E-state index in [0.717, 1.165) is 16.3 Å². The molecule has 0 radical (unpaired) electrons. The van der Waals surface area contributed by atoms with Crippen molar-refractivity contribution < 1.29 is 13.9 Å². The summed E-state index contributed by atoms with van der Waals surface area (Å²) in [6.45, 7) is 8.90. The molecule has 0 aromatic heterocycles. The summed E-state index contributed by atoms with van der Waals surface area (Å²) in [4.78, 5) is 16.2. The predicted molar refractivity (Wildman–Crippen MR) is 114 cm³/mol. The van der Waals surface area contributed by atoms with Gasteiger partial charge in [0.25, 0.3) is 5.91 Å². The molecule has 3 rings (SSSR count). The van der Waals surface area contributed by atoms with Gasteiger partial charge in [0.2, 0.25) is 0 Å². The minimum Gasteiger partial charge on any atom is -0.483 e. The fourth-order valence-corrected chi connectivity index (χ4v) is 3.45. The monoisotopic (exact) mass is 393 g/mol. The predicted octanol–water partition coefficient (Wildman–Crippen LogP) is 3.91. The van der Waals surface area contributed by atoms with Crippen LogP contribution in [-0.2, 0) is 4.79 Å². The number of nitrogens with zero attached hydrogens (tertiary/aromatic N) is 2. The lowest BCUT2D eigenvalue weighted by Crippen LogP contribution is -2.49. The number of carbonyl (C=O) groups is 1. The molecular formula is C23H24FN3O2. The highest BCUT2D eigenvalue weighted by atomic mass is 19.1. The van der Waals surface area contributed by atoms with Crippen molar-refractivity contribution in [1.29, 1.82) is 5.41 Å². The molecule has 5 nitrogen and oxygen atoms in total. The number of rotatable bonds is 7. The Balaban J connectivity index is 1.62. The van der Waals surface area contributed by atoms with E-state index < -0.39 is 5.83 Å². The quantitative estimate of drug-likeness (QED) is 0.573. The molecule has 1 aliphatic rings. The molecule has 0 unspecified atom stereocenters. The molecule has 1 N–H and O–H groups in total. The smallest absolute Gasteiger partial charge is 0.260 e. The third-order valence-electron chi connectivity index (χ3n) is 4.95. The van der Waals surface area contributed by atoms with Crippen molar-refractivity contribution in [3.63, 3.8) is 0 Å². The number of fused-ring (bicyclic) bond motifs is 1. The Morgan fingerprint density at radius 1 is 1.10 bits per heavy atom. The molecule has 0 bridgehead atoms. The SMILES string of the molecule is C=C/C=C(\C(=C)F)N1CCN(C(=O)COc2ccc(C=N)c3ccccc23)CC1. The van der Waals surface area contributed by atoms with Gasteiger partial charge in [-0.25, -0.2) is 4.39 Å². The van der Waals surface area contributed by atoms with Gasteiger partial charge < -0.3 is 19.9 Å². The van der Waals surface area contributed by atoms with Gasteiger partial charge >= 0.3 is 0 Å². The Hall–Kier alpha value is -3.41. The van der Waals surface area contributed by atoms with Gasteiger partial charge in [-0.15, -0.1) is 0 Å². The molecule has 1 fully saturated rings. The number of hydrogen-bond donors (Lipinski definition) is 1. The van der Waals surface area contributed by atoms with Gasteiger partial charge in [-0.05, 0) is 23.6 Å². The van der Waals surface area contributed by atoms with E-state index in [-0.39, 0.29) is 12.5 Å². The maximum Gasteiger partial charge on any atom is 0.260 e. The number of ether oxygens (including phenoxy) is 1. The van der Waals surface area contributed by atoms with Gasteiger partial charge in [-0.2, -0.15) is 0 Å². The Bertz CT molecular complexity index is 975. The number of hydrogen-bond acceptors (Lipinski definition) is 4. The average molecular weight is 393 g/mol. The fourth-order valence-electron chi connectivity index (χ4n) is 3.45. The van der Waals surface area contributed by atoms with Crippen LogP contribution in [0.15, 0.2) is 73.2 Å². The van der Waals surface area contributed by atoms with Crippen molar-refractivity contribution in [2.75, 3.05) is 32.8 Å². The van der Waals surface area contributed by atoms with Crippen molar-refractivity contribution in [2.45, 2.75) is 0 Å². The van der Waals surface area contributed by atoms with Crippen LogP contribution in [0.4, 0.5) is 4.39 Å². The van der Waals surface area contributed by atoms with Crippen LogP contribution in [-0.4, -0.2) is 54.7 Å². The van der Waals surface area contributed by atoms with Crippen LogP contribution in [0.3, 0.4) is 0 Å². The molecule has 2 aromatic carbocycles. The summed E-state index contributed by atoms with van der Waals surface area (Å²) in [5.74, 6) is -0.00503. The summed E-state index contributed by atoms with van der Waals surface area (Å²) in [5, 5.41) is 9.31. The van der Waals surface area contributed by atoms with Gasteiger partial charge in [0.1, 0.15) is 11.6 Å². The second kappa shape index (κ2) is 9.19. The fraction of sp³-hybridized carbons (Fsp3) is 0.217. The topological polar surface area (TPSA) is 56.6 Å². The average Bonchev–Trinajstić information content (AvgIpc) is 2.75. The molecule has 29 heavy (non-hydrogen) atoms. The van der Waals surface area contributed by atoms with E-state index in [1.165, 1.54) is 12.3 Å². The van der Waals surface area contributed by atoms with E-state index in [1.807, 2.05) is 35.2 Å². The number of halogens is 1. The van der Waals surface area contributed by atoms with Crippen molar-refractivity contribution in [3.8, 4) is 5.75 Å². The molecule has 0 aliphatic carbocycles. The molecule has 1 saturated heterocycles. The van der Waals surface area contributed by atoms with Gasteiger partial charge in [0, 0.05) is 43.3 Å². The first kappa shape index (κ1) is 20.3. The van der Waals surface area contributed by atoms with Crippen LogP contribution in [0.5, 0.6) is 5.75 Å². The van der Waals surface area contributed by atoms with Gasteiger partial charge in [0.05, 0.1) is 5.70 Å². The summed E-state index contributed by atoms with van der Waals surface area (Å²) in [5.41, 5.74) is 1.20. The molecule has 6 heteroatoms. The molecule has 1 heterocycles. The van der Waals surface area contributed by atoms with Crippen LogP contribution in [0.1, 0.15) is 5.56 Å². The summed E-state index contributed by atoms with van der Waals surface area (Å²) in [6.07, 6.45) is 4.42. The first-order chi connectivity index (χ1) is 14.0. The highest BCUT2D eigenvalue weighted by Gasteiger charge is 2.23. The van der Waals surface area contributed by atoms with Gasteiger partial charge in [0.15, 0.2) is 6.61 Å². The first-order valence-electron chi connectivity index (χ1n) is 9.40. The minimum atomic E-state index is -0.506. The molecular weight excluding hydrogens is 369 g/mol. The summed E-state index contributed by atoms with van der Waals surface area (Å²) in [7, 11) is 0. The van der Waals surface area contributed by atoms with Crippen LogP contribution >= 0.6 is 0 Å². The lowest BCUT2D eigenvalue weighted by molar-refractivity contribution is -0.134. The Labute approximate surface area is 169 Å². The number of benzene rings is 2. The minimum absolute atomic E-state index is 0.0703. The van der Waals surface area contributed by atoms with Gasteiger partial charge in [-0.3, -0.25) is 4.79 Å². The molecule has 0 saturated carbocycles. The third kappa shape index (κ3) is 4.54. The van der Waals surface area contributed by atoms with Crippen LogP contribution in [0.25, 0.3) is 10.8 Å². The van der Waals surface area contributed by atoms with E-state index in [0.29, 0.717) is 37.6 Å². The number of amides is 1. The zero-order chi connectivity index (χ0) is 20.8. The molecule has 1 amide bonds. The maximum absolute atomic E-state index is 13.6. The number of piperazine rings is 1. The lowest BCUT2D eigenvalue weighted by atomic mass is 10.0. The normalized spacial score (nSPS) is 14.6. The van der Waals surface area contributed by atoms with E-state index in [9.17, 15) is 9.18 Å². The number of carbonyl (C=O) groups excluding carboxylic acids is 1. The van der Waals surface area contributed by atoms with E-state index >= 15 is 0 Å². The van der Waals surface area contributed by atoms with Crippen LogP contribution in [0, 0.1) is 5.41 Å². The van der Waals surface area contributed by atoms with E-state index in [4.69, 9.17) is 10.1 Å². The Morgan fingerprint density at radius 2 is 1.76 bits per heavy atom. The zero-order valence-electron chi connectivity index (χ0n) is 16.2. The number of allylic oxidation sites excluding steroid dienone is 3. The lowest BCUT2D eigenvalue weighted by Gasteiger charge is -2.36. The molecule has 1 aliphatic heterocycles. The van der Waals surface area contributed by atoms with Crippen molar-refractivity contribution >= 4 is 22.9 Å². The van der Waals surface area contributed by atoms with Crippen molar-refractivity contribution in [2.24, 2.45) is 0 Å². The molecule has 150 valence electrons. The molecule has 2 aromatic rings. The second-order valence-corrected chi connectivity index (χ2v) is 6.69. The van der Waals surface area contributed by atoms with Crippen molar-refractivity contribution in [1.82, 2.24) is 9.80 Å². The van der Waals surface area contributed by atoms with E-state index in [2.05, 4.69) is 13.2 Å². The Morgan fingerprint density at radius 3 is 2.38 bits per heavy atom. The highest BCUT2D eigenvalue weighted by molar-refractivity contribution is 6.01. The highest BCUT2D eigenvalue weighted by Crippen LogP contribution is 2.28. The second-order valence-electron chi connectivity index (χ2n) is 6.69. The number of nitrogens with one attached hydrogen (secondary N) is 1. The standard InChI is InChI=1S/C23H24FN3O2/c1-3-6-21(17(2)24)26-11-13-27(14-12-26)23(28)16-29-22-10-9-18(15-25)19-7-4-5-8-20(19)22/h3-10,15,25H,1-2,11-14,16H2/b21-6+,25-15?. The van der Waals surface area contributed by atoms with Gasteiger partial charge in [-0.1, -0.05) is 43.5 Å². The summed E-state index contributed by atoms with van der Waals surface area (Å²) >= 11 is 0. The maximum atomic E-state index is 13.6. The molecule has 0 atom stereocenters. The van der Waals surface area contributed by atoms with Crippen LogP contribution in [0.2, 0.25) is 0 Å². The molecule has 0 spiro atoms. The third-order valence-corrected chi connectivity index (χ3v) is 4.95. The zero-order valence-corrected chi connectivity index (χ0v) is 16.2. The van der Waals surface area contributed by atoms with E-state index in [1.54, 1.807) is 17.0 Å². The van der Waals surface area contributed by atoms with Crippen molar-refractivity contribution in [3.05, 3.63) is 78.8 Å². The Kier molecular flexibility index (Phi) is 6.44. The summed E-state index contributed by atoms with van der Waals surface area (Å²) in [6, 6.07) is 11.2. The first-order valence-corrected chi connectivity index (χ1v) is 9.40. The van der Waals surface area contributed by atoms with Crippen LogP contribution < -0.4 is 4.74 Å². The largest absolute Gasteiger partial charge is 0.483 e. The summed E-state index contributed by atoms with van der Waals surface area (Å²) < 4.78 is 19.4.